The summed E-state index contributed by atoms with van der Waals surface area (Å²) in [4.78, 5) is 11.7. The molecule has 3 nitrogen and oxygen atoms in total. The number of rotatable bonds is 4. The number of anilines is 1. The van der Waals surface area contributed by atoms with Crippen LogP contribution in [-0.2, 0) is 11.3 Å². The molecule has 0 unspecified atom stereocenters. The topological polar surface area (TPSA) is 55.1 Å². The number of carbonyl (C=O) groups excluding carboxylic acids is 1. The summed E-state index contributed by atoms with van der Waals surface area (Å²) >= 11 is 3.32. The van der Waals surface area contributed by atoms with Crippen LogP contribution in [0.4, 0.5) is 10.1 Å². The van der Waals surface area contributed by atoms with Gasteiger partial charge in [0.25, 0.3) is 0 Å². The number of carbonyl (C=O) groups is 1. The molecule has 0 atom stereocenters. The zero-order valence-electron chi connectivity index (χ0n) is 11.1. The molecule has 5 heteroatoms. The van der Waals surface area contributed by atoms with Crippen LogP contribution in [0.25, 0.3) is 6.08 Å². The Labute approximate surface area is 130 Å². The number of halogens is 2. The molecule has 21 heavy (non-hydrogen) atoms. The average Bonchev–Trinajstić information content (AvgIpc) is 2.47. The van der Waals surface area contributed by atoms with E-state index in [9.17, 15) is 9.18 Å². The highest BCUT2D eigenvalue weighted by Gasteiger charge is 2.03. The normalized spacial score (nSPS) is 10.8. The van der Waals surface area contributed by atoms with E-state index in [0.29, 0.717) is 11.3 Å². The van der Waals surface area contributed by atoms with E-state index >= 15 is 0 Å². The van der Waals surface area contributed by atoms with Crippen molar-refractivity contribution in [2.45, 2.75) is 6.54 Å². The molecule has 2 rings (SSSR count). The van der Waals surface area contributed by atoms with Crippen molar-refractivity contribution in [2.24, 2.45) is 0 Å². The predicted molar refractivity (Wildman–Crippen MR) is 85.8 cm³/mol. The molecule has 0 aliphatic rings. The zero-order chi connectivity index (χ0) is 15.2. The molecule has 0 bridgehead atoms. The van der Waals surface area contributed by atoms with Gasteiger partial charge in [0.05, 0.1) is 0 Å². The maximum Gasteiger partial charge on any atom is 0.244 e. The summed E-state index contributed by atoms with van der Waals surface area (Å²) in [6.07, 6.45) is 3.12. The Kier molecular flexibility index (Phi) is 5.11. The molecule has 0 fully saturated rings. The summed E-state index contributed by atoms with van der Waals surface area (Å²) in [5.41, 5.74) is 7.82. The second-order valence-electron chi connectivity index (χ2n) is 4.45. The van der Waals surface area contributed by atoms with Gasteiger partial charge < -0.3 is 11.1 Å². The minimum Gasteiger partial charge on any atom is -0.399 e. The van der Waals surface area contributed by atoms with Crippen molar-refractivity contribution in [1.29, 1.82) is 0 Å². The van der Waals surface area contributed by atoms with Gasteiger partial charge in [-0.25, -0.2) is 4.39 Å². The molecule has 2 aromatic carbocycles. The van der Waals surface area contributed by atoms with E-state index in [4.69, 9.17) is 5.73 Å². The third-order valence-corrected chi connectivity index (χ3v) is 3.60. The largest absolute Gasteiger partial charge is 0.399 e. The molecule has 0 spiro atoms. The van der Waals surface area contributed by atoms with Gasteiger partial charge in [-0.1, -0.05) is 28.1 Å². The average molecular weight is 349 g/mol. The molecule has 1 amide bonds. The fourth-order valence-corrected chi connectivity index (χ4v) is 2.09. The van der Waals surface area contributed by atoms with E-state index in [1.54, 1.807) is 24.3 Å². The van der Waals surface area contributed by atoms with Gasteiger partial charge in [-0.3, -0.25) is 4.79 Å². The molecular formula is C16H14BrFN2O. The molecule has 0 radical (unpaired) electrons. The number of nitrogen functional groups attached to an aromatic ring is 1. The van der Waals surface area contributed by atoms with Gasteiger partial charge in [0.1, 0.15) is 5.82 Å². The minimum atomic E-state index is -0.333. The van der Waals surface area contributed by atoms with Crippen molar-refractivity contribution in [1.82, 2.24) is 5.32 Å². The third-order valence-electron chi connectivity index (χ3n) is 2.82. The summed E-state index contributed by atoms with van der Waals surface area (Å²) < 4.78 is 13.9. The Morgan fingerprint density at radius 2 is 1.95 bits per heavy atom. The number of amides is 1. The van der Waals surface area contributed by atoms with Gasteiger partial charge in [-0.15, -0.1) is 0 Å². The van der Waals surface area contributed by atoms with E-state index in [0.717, 1.165) is 10.0 Å². The van der Waals surface area contributed by atoms with E-state index in [-0.39, 0.29) is 18.3 Å². The van der Waals surface area contributed by atoms with Crippen LogP contribution in [0.15, 0.2) is 53.0 Å². The molecule has 0 saturated heterocycles. The minimum absolute atomic E-state index is 0.247. The molecule has 108 valence electrons. The lowest BCUT2D eigenvalue weighted by Crippen LogP contribution is -2.20. The molecule has 3 N–H and O–H groups in total. The number of nitrogens with one attached hydrogen (secondary N) is 1. The van der Waals surface area contributed by atoms with E-state index in [2.05, 4.69) is 21.2 Å². The van der Waals surface area contributed by atoms with Crippen LogP contribution in [-0.4, -0.2) is 5.91 Å². The van der Waals surface area contributed by atoms with Crippen LogP contribution in [0.3, 0.4) is 0 Å². The summed E-state index contributed by atoms with van der Waals surface area (Å²) in [6.45, 7) is 0.253. The monoisotopic (exact) mass is 348 g/mol. The predicted octanol–water partition coefficient (Wildman–Crippen LogP) is 3.50. The molecule has 0 aliphatic heterocycles. The molecule has 0 heterocycles. The van der Waals surface area contributed by atoms with E-state index < -0.39 is 0 Å². The van der Waals surface area contributed by atoms with Gasteiger partial charge in [-0.2, -0.15) is 0 Å². The van der Waals surface area contributed by atoms with Crippen LogP contribution >= 0.6 is 15.9 Å². The first-order valence-electron chi connectivity index (χ1n) is 6.30. The first kappa shape index (κ1) is 15.3. The summed E-state index contributed by atoms with van der Waals surface area (Å²) in [6, 6.07) is 11.5. The highest BCUT2D eigenvalue weighted by Crippen LogP contribution is 2.17. The zero-order valence-corrected chi connectivity index (χ0v) is 12.7. The quantitative estimate of drug-likeness (QED) is 0.656. The second kappa shape index (κ2) is 7.04. The Bertz CT molecular complexity index is 668. The Hall–Kier alpha value is -2.14. The van der Waals surface area contributed by atoms with Gasteiger partial charge in [0, 0.05) is 22.8 Å². The van der Waals surface area contributed by atoms with E-state index in [1.165, 1.54) is 18.2 Å². The van der Waals surface area contributed by atoms with Crippen LogP contribution in [0, 0.1) is 5.82 Å². The first-order valence-corrected chi connectivity index (χ1v) is 7.09. The number of hydrogen-bond acceptors (Lipinski definition) is 2. The lowest BCUT2D eigenvalue weighted by atomic mass is 10.2. The molecule has 0 aromatic heterocycles. The summed E-state index contributed by atoms with van der Waals surface area (Å²) in [5.74, 6) is -0.581. The van der Waals surface area contributed by atoms with Crippen LogP contribution in [0.1, 0.15) is 11.1 Å². The van der Waals surface area contributed by atoms with Crippen LogP contribution < -0.4 is 11.1 Å². The number of nitrogens with two attached hydrogens (primary N) is 1. The maximum atomic E-state index is 13.1. The molecule has 2 aromatic rings. The molecular weight excluding hydrogens is 335 g/mol. The van der Waals surface area contributed by atoms with Gasteiger partial charge in [-0.05, 0) is 47.5 Å². The van der Waals surface area contributed by atoms with Gasteiger partial charge in [0.2, 0.25) is 5.91 Å². The summed E-state index contributed by atoms with van der Waals surface area (Å²) in [7, 11) is 0. The highest BCUT2D eigenvalue weighted by molar-refractivity contribution is 9.10. The van der Waals surface area contributed by atoms with Crippen molar-refractivity contribution >= 4 is 33.6 Å². The summed E-state index contributed by atoms with van der Waals surface area (Å²) in [5, 5.41) is 2.70. The Morgan fingerprint density at radius 3 is 2.67 bits per heavy atom. The number of benzene rings is 2. The van der Waals surface area contributed by atoms with Gasteiger partial charge >= 0.3 is 0 Å². The molecule has 0 saturated carbocycles. The van der Waals surface area contributed by atoms with Crippen molar-refractivity contribution < 1.29 is 9.18 Å². The van der Waals surface area contributed by atoms with Crippen molar-refractivity contribution in [3.63, 3.8) is 0 Å². The SMILES string of the molecule is Nc1ccc(/C=C/C(=O)NCc2cc(F)ccc2Br)cc1. The Balaban J connectivity index is 1.93. The molecule has 0 aliphatic carbocycles. The lowest BCUT2D eigenvalue weighted by Gasteiger charge is -2.05. The first-order chi connectivity index (χ1) is 10.0. The fraction of sp³-hybridized carbons (Fsp3) is 0.0625. The Morgan fingerprint density at radius 1 is 1.24 bits per heavy atom. The third kappa shape index (κ3) is 4.72. The lowest BCUT2D eigenvalue weighted by molar-refractivity contribution is -0.116. The van der Waals surface area contributed by atoms with Crippen molar-refractivity contribution in [3.8, 4) is 0 Å². The van der Waals surface area contributed by atoms with Crippen molar-refractivity contribution in [2.75, 3.05) is 5.73 Å². The van der Waals surface area contributed by atoms with Gasteiger partial charge in [0.15, 0.2) is 0 Å². The number of hydrogen-bond donors (Lipinski definition) is 2. The van der Waals surface area contributed by atoms with Crippen molar-refractivity contribution in [3.05, 3.63) is 70.0 Å². The standard InChI is InChI=1S/C16H14BrFN2O/c17-15-7-4-13(18)9-12(15)10-20-16(21)8-3-11-1-5-14(19)6-2-11/h1-9H,10,19H2,(H,20,21)/b8-3+. The maximum absolute atomic E-state index is 13.1. The smallest absolute Gasteiger partial charge is 0.244 e. The van der Waals surface area contributed by atoms with Crippen LogP contribution in [0.5, 0.6) is 0 Å². The second-order valence-corrected chi connectivity index (χ2v) is 5.31. The van der Waals surface area contributed by atoms with Crippen LogP contribution in [0.2, 0.25) is 0 Å². The highest BCUT2D eigenvalue weighted by atomic mass is 79.9. The fourth-order valence-electron chi connectivity index (χ4n) is 1.70. The van der Waals surface area contributed by atoms with E-state index in [1.807, 2.05) is 12.1 Å².